The highest BCUT2D eigenvalue weighted by Crippen LogP contribution is 2.35. The zero-order valence-corrected chi connectivity index (χ0v) is 18.2. The molecule has 30 heavy (non-hydrogen) atoms. The number of carbonyl (C=O) groups is 1. The number of anilines is 1. The van der Waals surface area contributed by atoms with Crippen LogP contribution in [0.15, 0.2) is 42.5 Å². The summed E-state index contributed by atoms with van der Waals surface area (Å²) < 4.78 is 42.2. The predicted octanol–water partition coefficient (Wildman–Crippen LogP) is 2.50. The maximum atomic E-state index is 13.0. The summed E-state index contributed by atoms with van der Waals surface area (Å²) in [7, 11) is -0.458. The van der Waals surface area contributed by atoms with Crippen molar-refractivity contribution >= 4 is 21.6 Å². The van der Waals surface area contributed by atoms with Gasteiger partial charge in [-0.1, -0.05) is 25.1 Å². The van der Waals surface area contributed by atoms with E-state index >= 15 is 0 Å². The fourth-order valence-corrected chi connectivity index (χ4v) is 4.32. The molecule has 0 aromatic heterocycles. The minimum Gasteiger partial charge on any atom is -0.493 e. The number of fused-ring (bicyclic) bond motifs is 1. The molecule has 1 amide bonds. The van der Waals surface area contributed by atoms with E-state index in [9.17, 15) is 13.2 Å². The largest absolute Gasteiger partial charge is 0.493 e. The molecule has 0 fully saturated rings. The van der Waals surface area contributed by atoms with Gasteiger partial charge in [0.1, 0.15) is 5.75 Å². The van der Waals surface area contributed by atoms with Crippen molar-refractivity contribution in [3.8, 4) is 17.2 Å². The van der Waals surface area contributed by atoms with Gasteiger partial charge in [0.2, 0.25) is 10.0 Å². The quantitative estimate of drug-likeness (QED) is 0.720. The van der Waals surface area contributed by atoms with Crippen LogP contribution in [-0.2, 0) is 14.8 Å². The SMILES string of the molecule is CC[C@@H](NC(=O)[C@@H]1CN(S(C)(=O)=O)c2ccccc2O1)c1ccc(OC)c(OC)c1. The average Bonchev–Trinajstić information content (AvgIpc) is 2.75. The van der Waals surface area contributed by atoms with Gasteiger partial charge in [0.25, 0.3) is 5.91 Å². The van der Waals surface area contributed by atoms with Crippen molar-refractivity contribution < 1.29 is 27.4 Å². The topological polar surface area (TPSA) is 94.2 Å². The van der Waals surface area contributed by atoms with E-state index in [-0.39, 0.29) is 18.5 Å². The summed E-state index contributed by atoms with van der Waals surface area (Å²) in [5, 5.41) is 2.96. The van der Waals surface area contributed by atoms with Crippen molar-refractivity contribution in [2.45, 2.75) is 25.5 Å². The Morgan fingerprint density at radius 1 is 1.20 bits per heavy atom. The standard InChI is InChI=1S/C21H26N2O6S/c1-5-15(14-10-11-18(27-2)19(12-14)28-3)22-21(24)20-13-23(30(4,25)26)16-8-6-7-9-17(16)29-20/h6-12,15,20H,5,13H2,1-4H3,(H,22,24)/t15-,20+/m1/s1. The van der Waals surface area contributed by atoms with Crippen LogP contribution >= 0.6 is 0 Å². The molecule has 2 atom stereocenters. The highest BCUT2D eigenvalue weighted by atomic mass is 32.2. The molecule has 0 saturated heterocycles. The Morgan fingerprint density at radius 3 is 2.53 bits per heavy atom. The van der Waals surface area contributed by atoms with Crippen molar-refractivity contribution in [2.75, 3.05) is 31.3 Å². The molecule has 2 aromatic rings. The number of ether oxygens (including phenoxy) is 3. The number of amides is 1. The van der Waals surface area contributed by atoms with Crippen LogP contribution in [0.1, 0.15) is 24.9 Å². The lowest BCUT2D eigenvalue weighted by molar-refractivity contribution is -0.128. The molecule has 8 nitrogen and oxygen atoms in total. The molecule has 9 heteroatoms. The van der Waals surface area contributed by atoms with Crippen molar-refractivity contribution in [1.82, 2.24) is 5.32 Å². The molecule has 1 N–H and O–H groups in total. The molecule has 0 saturated carbocycles. The minimum atomic E-state index is -3.57. The zero-order valence-electron chi connectivity index (χ0n) is 17.4. The number of carbonyl (C=O) groups excluding carboxylic acids is 1. The van der Waals surface area contributed by atoms with Gasteiger partial charge >= 0.3 is 0 Å². The Hall–Kier alpha value is -2.94. The minimum absolute atomic E-state index is 0.0932. The second-order valence-corrected chi connectivity index (χ2v) is 8.86. The molecular formula is C21H26N2O6S. The van der Waals surface area contributed by atoms with Gasteiger partial charge in [-0.15, -0.1) is 0 Å². The van der Waals surface area contributed by atoms with Gasteiger partial charge in [0, 0.05) is 0 Å². The Balaban J connectivity index is 1.82. The molecule has 0 aliphatic carbocycles. The number of methoxy groups -OCH3 is 2. The fourth-order valence-electron chi connectivity index (χ4n) is 3.41. The lowest BCUT2D eigenvalue weighted by atomic mass is 10.0. The molecule has 0 unspecified atom stereocenters. The lowest BCUT2D eigenvalue weighted by Gasteiger charge is -2.34. The van der Waals surface area contributed by atoms with Crippen LogP contribution < -0.4 is 23.8 Å². The molecule has 0 spiro atoms. The number of hydrogen-bond acceptors (Lipinski definition) is 6. The maximum absolute atomic E-state index is 13.0. The number of rotatable bonds is 7. The first-order chi connectivity index (χ1) is 14.3. The number of nitrogens with zero attached hydrogens (tertiary/aromatic N) is 1. The Morgan fingerprint density at radius 2 is 1.90 bits per heavy atom. The van der Waals surface area contributed by atoms with Crippen LogP contribution in [0.2, 0.25) is 0 Å². The summed E-state index contributed by atoms with van der Waals surface area (Å²) >= 11 is 0. The average molecular weight is 435 g/mol. The van der Waals surface area contributed by atoms with E-state index in [2.05, 4.69) is 5.32 Å². The zero-order chi connectivity index (χ0) is 21.9. The van der Waals surface area contributed by atoms with Crippen LogP contribution in [0.4, 0.5) is 5.69 Å². The van der Waals surface area contributed by atoms with E-state index in [1.807, 2.05) is 19.1 Å². The summed E-state index contributed by atoms with van der Waals surface area (Å²) in [6.07, 6.45) is 0.770. The Kier molecular flexibility index (Phi) is 6.40. The first-order valence-corrected chi connectivity index (χ1v) is 11.4. The van der Waals surface area contributed by atoms with Gasteiger partial charge < -0.3 is 19.5 Å². The smallest absolute Gasteiger partial charge is 0.263 e. The number of nitrogens with one attached hydrogen (secondary N) is 1. The highest BCUT2D eigenvalue weighted by molar-refractivity contribution is 7.92. The van der Waals surface area contributed by atoms with E-state index in [4.69, 9.17) is 14.2 Å². The summed E-state index contributed by atoms with van der Waals surface area (Å²) in [5.74, 6) is 1.13. The van der Waals surface area contributed by atoms with Crippen LogP contribution in [0.5, 0.6) is 17.2 Å². The van der Waals surface area contributed by atoms with Gasteiger partial charge in [-0.25, -0.2) is 8.42 Å². The second-order valence-electron chi connectivity index (χ2n) is 6.95. The Labute approximate surface area is 176 Å². The van der Waals surface area contributed by atoms with Gasteiger partial charge in [0.15, 0.2) is 17.6 Å². The molecule has 1 heterocycles. The number of sulfonamides is 1. The summed E-state index contributed by atoms with van der Waals surface area (Å²) in [6, 6.07) is 11.9. The molecule has 1 aliphatic rings. The number of benzene rings is 2. The van der Waals surface area contributed by atoms with Crippen LogP contribution in [0.3, 0.4) is 0 Å². The molecule has 1 aliphatic heterocycles. The monoisotopic (exact) mass is 434 g/mol. The first-order valence-electron chi connectivity index (χ1n) is 9.54. The van der Waals surface area contributed by atoms with Crippen LogP contribution in [-0.4, -0.2) is 47.4 Å². The molecule has 3 rings (SSSR count). The third-order valence-corrected chi connectivity index (χ3v) is 6.11. The van der Waals surface area contributed by atoms with Crippen LogP contribution in [0.25, 0.3) is 0 Å². The third kappa shape index (κ3) is 4.46. The van der Waals surface area contributed by atoms with Crippen molar-refractivity contribution in [1.29, 1.82) is 0 Å². The summed E-state index contributed by atoms with van der Waals surface area (Å²) in [5.41, 5.74) is 1.27. The van der Waals surface area contributed by atoms with Crippen molar-refractivity contribution in [2.24, 2.45) is 0 Å². The molecule has 0 radical (unpaired) electrons. The fraction of sp³-hybridized carbons (Fsp3) is 0.381. The maximum Gasteiger partial charge on any atom is 0.263 e. The van der Waals surface area contributed by atoms with E-state index in [1.54, 1.807) is 44.6 Å². The lowest BCUT2D eigenvalue weighted by Crippen LogP contribution is -2.51. The number of para-hydroxylation sites is 2. The van der Waals surface area contributed by atoms with E-state index in [1.165, 1.54) is 4.31 Å². The molecule has 162 valence electrons. The van der Waals surface area contributed by atoms with Gasteiger partial charge in [-0.2, -0.15) is 0 Å². The van der Waals surface area contributed by atoms with E-state index in [0.717, 1.165) is 11.8 Å². The first kappa shape index (κ1) is 21.8. The van der Waals surface area contributed by atoms with E-state index < -0.39 is 16.1 Å². The third-order valence-electron chi connectivity index (χ3n) is 4.96. The van der Waals surface area contributed by atoms with Crippen LogP contribution in [0, 0.1) is 0 Å². The van der Waals surface area contributed by atoms with Gasteiger partial charge in [-0.05, 0) is 36.2 Å². The normalized spacial score (nSPS) is 16.8. The van der Waals surface area contributed by atoms with Crippen molar-refractivity contribution in [3.05, 3.63) is 48.0 Å². The predicted molar refractivity (Wildman–Crippen MR) is 114 cm³/mol. The summed E-state index contributed by atoms with van der Waals surface area (Å²) in [4.78, 5) is 13.0. The van der Waals surface area contributed by atoms with Gasteiger partial charge in [0.05, 0.1) is 38.7 Å². The van der Waals surface area contributed by atoms with Crippen molar-refractivity contribution in [3.63, 3.8) is 0 Å². The van der Waals surface area contributed by atoms with E-state index in [0.29, 0.717) is 29.4 Å². The highest BCUT2D eigenvalue weighted by Gasteiger charge is 2.35. The number of hydrogen-bond donors (Lipinski definition) is 1. The van der Waals surface area contributed by atoms with Gasteiger partial charge in [-0.3, -0.25) is 9.10 Å². The molecular weight excluding hydrogens is 408 g/mol. The summed E-state index contributed by atoms with van der Waals surface area (Å²) in [6.45, 7) is 1.85. The molecule has 0 bridgehead atoms. The Bertz CT molecular complexity index is 1020. The second kappa shape index (κ2) is 8.83. The molecule has 2 aromatic carbocycles.